The Morgan fingerprint density at radius 2 is 1.73 bits per heavy atom. The molecule has 0 saturated carbocycles. The number of methoxy groups -OCH3 is 2. The molecule has 164 valence electrons. The highest BCUT2D eigenvalue weighted by molar-refractivity contribution is 7.92. The van der Waals surface area contributed by atoms with Crippen LogP contribution in [0.3, 0.4) is 0 Å². The average molecular weight is 457 g/mol. The Morgan fingerprint density at radius 3 is 2.33 bits per heavy atom. The zero-order valence-electron chi connectivity index (χ0n) is 17.0. The summed E-state index contributed by atoms with van der Waals surface area (Å²) in [5.41, 5.74) is 0.923. The zero-order chi connectivity index (χ0) is 22.1. The van der Waals surface area contributed by atoms with Crippen molar-refractivity contribution in [1.29, 1.82) is 0 Å². The topological polar surface area (TPSA) is 103 Å². The Morgan fingerprint density at radius 1 is 1.07 bits per heavy atom. The molecule has 2 N–H and O–H groups in total. The van der Waals surface area contributed by atoms with E-state index in [1.165, 1.54) is 38.5 Å². The molecule has 2 rings (SSSR count). The van der Waals surface area contributed by atoms with Crippen molar-refractivity contribution >= 4 is 33.4 Å². The monoisotopic (exact) mass is 456 g/mol. The van der Waals surface area contributed by atoms with Crippen molar-refractivity contribution in [2.75, 3.05) is 25.5 Å². The van der Waals surface area contributed by atoms with E-state index < -0.39 is 16.1 Å². The predicted octanol–water partition coefficient (Wildman–Crippen LogP) is 4.18. The molecule has 1 amide bonds. The fourth-order valence-corrected chi connectivity index (χ4v) is 3.76. The van der Waals surface area contributed by atoms with Crippen LogP contribution in [0.25, 0.3) is 0 Å². The minimum absolute atomic E-state index is 0.0488. The molecule has 0 fully saturated rings. The first kappa shape index (κ1) is 23.6. The number of ether oxygens (including phenoxy) is 3. The van der Waals surface area contributed by atoms with Crippen molar-refractivity contribution in [3.63, 3.8) is 0 Å². The summed E-state index contributed by atoms with van der Waals surface area (Å²) in [7, 11) is -1.05. The van der Waals surface area contributed by atoms with Crippen LogP contribution in [-0.2, 0) is 21.3 Å². The maximum atomic E-state index is 12.7. The normalized spacial score (nSPS) is 10.9. The summed E-state index contributed by atoms with van der Waals surface area (Å²) in [6.45, 7) is 2.59. The highest BCUT2D eigenvalue weighted by Gasteiger charge is 2.18. The molecule has 0 aliphatic rings. The lowest BCUT2D eigenvalue weighted by atomic mass is 10.2. The second-order valence-corrected chi connectivity index (χ2v) is 8.37. The Kier molecular flexibility index (Phi) is 8.61. The van der Waals surface area contributed by atoms with Crippen LogP contribution in [0.5, 0.6) is 11.5 Å². The molecule has 0 bridgehead atoms. The fourth-order valence-electron chi connectivity index (χ4n) is 2.46. The summed E-state index contributed by atoms with van der Waals surface area (Å²) < 4.78 is 43.3. The van der Waals surface area contributed by atoms with Gasteiger partial charge in [0.15, 0.2) is 0 Å². The first-order valence-corrected chi connectivity index (χ1v) is 11.1. The number of nitrogens with one attached hydrogen (secondary N) is 2. The number of alkyl carbamates (subject to hydrolysis) is 1. The lowest BCUT2D eigenvalue weighted by Gasteiger charge is -2.14. The molecule has 0 atom stereocenters. The van der Waals surface area contributed by atoms with Crippen LogP contribution in [0.4, 0.5) is 10.5 Å². The van der Waals surface area contributed by atoms with Gasteiger partial charge in [-0.25, -0.2) is 13.2 Å². The van der Waals surface area contributed by atoms with E-state index in [1.54, 1.807) is 12.1 Å². The van der Waals surface area contributed by atoms with Gasteiger partial charge in [0.25, 0.3) is 10.0 Å². The van der Waals surface area contributed by atoms with Crippen LogP contribution in [0.15, 0.2) is 41.3 Å². The van der Waals surface area contributed by atoms with Gasteiger partial charge in [-0.05, 0) is 24.1 Å². The average Bonchev–Trinajstić information content (AvgIpc) is 2.73. The minimum atomic E-state index is -3.89. The smallest absolute Gasteiger partial charge is 0.407 e. The number of carbonyl (C=O) groups is 1. The number of benzene rings is 2. The predicted molar refractivity (Wildman–Crippen MR) is 115 cm³/mol. The Bertz CT molecular complexity index is 964. The molecule has 2 aromatic carbocycles. The van der Waals surface area contributed by atoms with Gasteiger partial charge in [-0.2, -0.15) is 0 Å². The van der Waals surface area contributed by atoms with Crippen LogP contribution < -0.4 is 19.5 Å². The van der Waals surface area contributed by atoms with Gasteiger partial charge in [0.1, 0.15) is 11.5 Å². The quantitative estimate of drug-likeness (QED) is 0.520. The Balaban J connectivity index is 2.08. The fraction of sp³-hybridized carbons (Fsp3) is 0.350. The largest absolute Gasteiger partial charge is 0.495 e. The van der Waals surface area contributed by atoms with Gasteiger partial charge in [0.05, 0.1) is 36.4 Å². The Labute approximate surface area is 181 Å². The third-order valence-corrected chi connectivity index (χ3v) is 5.80. The van der Waals surface area contributed by atoms with Gasteiger partial charge in [0.2, 0.25) is 0 Å². The van der Waals surface area contributed by atoms with Crippen molar-refractivity contribution in [3.8, 4) is 11.5 Å². The van der Waals surface area contributed by atoms with E-state index in [9.17, 15) is 13.2 Å². The van der Waals surface area contributed by atoms with E-state index >= 15 is 0 Å². The van der Waals surface area contributed by atoms with E-state index in [0.29, 0.717) is 17.4 Å². The molecule has 0 spiro atoms. The highest BCUT2D eigenvalue weighted by atomic mass is 35.5. The second kappa shape index (κ2) is 10.9. The summed E-state index contributed by atoms with van der Waals surface area (Å²) in [5, 5.41) is 2.91. The summed E-state index contributed by atoms with van der Waals surface area (Å²) >= 11 is 6.05. The molecule has 2 aromatic rings. The highest BCUT2D eigenvalue weighted by Crippen LogP contribution is 2.36. The lowest BCUT2D eigenvalue weighted by Crippen LogP contribution is -2.24. The molecular formula is C20H25ClN2O6S. The van der Waals surface area contributed by atoms with Crippen molar-refractivity contribution < 1.29 is 27.4 Å². The van der Waals surface area contributed by atoms with Gasteiger partial charge in [-0.3, -0.25) is 4.72 Å². The number of unbranched alkanes of at least 4 members (excludes halogenated alkanes) is 1. The van der Waals surface area contributed by atoms with Crippen LogP contribution in [0, 0.1) is 0 Å². The zero-order valence-corrected chi connectivity index (χ0v) is 18.6. The van der Waals surface area contributed by atoms with Crippen molar-refractivity contribution in [1.82, 2.24) is 5.32 Å². The molecular weight excluding hydrogens is 432 g/mol. The lowest BCUT2D eigenvalue weighted by molar-refractivity contribution is 0.144. The van der Waals surface area contributed by atoms with Gasteiger partial charge in [0, 0.05) is 18.7 Å². The third kappa shape index (κ3) is 6.43. The molecule has 0 unspecified atom stereocenters. The van der Waals surface area contributed by atoms with Crippen LogP contribution in [-0.4, -0.2) is 35.3 Å². The second-order valence-electron chi connectivity index (χ2n) is 6.28. The van der Waals surface area contributed by atoms with E-state index in [1.807, 2.05) is 6.92 Å². The molecule has 0 aromatic heterocycles. The molecule has 0 saturated heterocycles. The standard InChI is InChI=1S/C20H25ClN2O6S/c1-4-5-10-29-20(24)22-13-14-6-8-15(9-7-14)30(25,26)23-17-12-18(27-2)16(21)11-19(17)28-3/h6-9,11-12,23H,4-5,10,13H2,1-3H3,(H,22,24). The number of anilines is 1. The molecule has 30 heavy (non-hydrogen) atoms. The summed E-state index contributed by atoms with van der Waals surface area (Å²) in [4.78, 5) is 11.6. The third-order valence-electron chi connectivity index (χ3n) is 4.12. The number of sulfonamides is 1. The van der Waals surface area contributed by atoms with Gasteiger partial charge < -0.3 is 19.5 Å². The van der Waals surface area contributed by atoms with Crippen molar-refractivity contribution in [3.05, 3.63) is 47.0 Å². The van der Waals surface area contributed by atoms with Crippen molar-refractivity contribution in [2.24, 2.45) is 0 Å². The first-order chi connectivity index (χ1) is 14.3. The van der Waals surface area contributed by atoms with Crippen molar-refractivity contribution in [2.45, 2.75) is 31.2 Å². The van der Waals surface area contributed by atoms with Crippen LogP contribution >= 0.6 is 11.6 Å². The summed E-state index contributed by atoms with van der Waals surface area (Å²) in [5.74, 6) is 0.564. The first-order valence-electron chi connectivity index (χ1n) is 9.24. The van der Waals surface area contributed by atoms with Crippen LogP contribution in [0.2, 0.25) is 5.02 Å². The number of carbonyl (C=O) groups excluding carboxylic acids is 1. The molecule has 8 nitrogen and oxygen atoms in total. The van der Waals surface area contributed by atoms with Gasteiger partial charge >= 0.3 is 6.09 Å². The summed E-state index contributed by atoms with van der Waals surface area (Å²) in [6.07, 6.45) is 1.23. The SMILES string of the molecule is CCCCOC(=O)NCc1ccc(S(=O)(=O)Nc2cc(OC)c(Cl)cc2OC)cc1. The van der Waals surface area contributed by atoms with Gasteiger partial charge in [-0.15, -0.1) is 0 Å². The van der Waals surface area contributed by atoms with E-state index in [-0.39, 0.29) is 22.9 Å². The van der Waals surface area contributed by atoms with E-state index in [4.69, 9.17) is 25.8 Å². The number of amides is 1. The number of rotatable bonds is 10. The molecule has 0 heterocycles. The number of hydrogen-bond acceptors (Lipinski definition) is 6. The Hall–Kier alpha value is -2.65. The molecule has 0 aliphatic heterocycles. The minimum Gasteiger partial charge on any atom is -0.495 e. The maximum absolute atomic E-state index is 12.7. The van der Waals surface area contributed by atoms with E-state index in [0.717, 1.165) is 18.4 Å². The molecule has 0 aliphatic carbocycles. The van der Waals surface area contributed by atoms with E-state index in [2.05, 4.69) is 10.0 Å². The number of hydrogen-bond donors (Lipinski definition) is 2. The van der Waals surface area contributed by atoms with Gasteiger partial charge in [-0.1, -0.05) is 37.1 Å². The molecule has 10 heteroatoms. The molecule has 0 radical (unpaired) electrons. The number of halogens is 1. The van der Waals surface area contributed by atoms with Crippen LogP contribution in [0.1, 0.15) is 25.3 Å². The maximum Gasteiger partial charge on any atom is 0.407 e. The summed E-state index contributed by atoms with van der Waals surface area (Å²) in [6, 6.07) is 9.03.